The van der Waals surface area contributed by atoms with Crippen molar-refractivity contribution in [2.75, 3.05) is 12.4 Å². The molecule has 1 aromatic rings. The Bertz CT molecular complexity index is 279. The summed E-state index contributed by atoms with van der Waals surface area (Å²) in [5.74, 6) is 0.670. The van der Waals surface area contributed by atoms with Crippen LogP contribution in [0.1, 0.15) is 6.92 Å². The second-order valence-corrected chi connectivity index (χ2v) is 2.51. The van der Waals surface area contributed by atoms with E-state index in [1.807, 2.05) is 0 Å². The number of amides is 1. The van der Waals surface area contributed by atoms with Crippen LogP contribution < -0.4 is 10.1 Å². The van der Waals surface area contributed by atoms with E-state index in [1.54, 1.807) is 38.3 Å². The van der Waals surface area contributed by atoms with Crippen molar-refractivity contribution in [2.24, 2.45) is 0 Å². The van der Waals surface area contributed by atoms with E-state index in [1.165, 1.54) is 6.42 Å². The van der Waals surface area contributed by atoms with Crippen molar-refractivity contribution in [1.82, 2.24) is 0 Å². The first-order valence-electron chi connectivity index (χ1n) is 4.00. The highest BCUT2D eigenvalue weighted by atomic mass is 16.5. The number of methoxy groups -OCH3 is 1. The van der Waals surface area contributed by atoms with Gasteiger partial charge in [0.15, 0.2) is 0 Å². The average molecular weight is 178 g/mol. The van der Waals surface area contributed by atoms with Gasteiger partial charge in [-0.15, -0.1) is 0 Å². The smallest absolute Gasteiger partial charge is 0.227 e. The SMILES string of the molecule is C[CH]C(=O)Nc1ccc(OC)cc1. The Kier molecular flexibility index (Phi) is 3.31. The van der Waals surface area contributed by atoms with Gasteiger partial charge in [-0.3, -0.25) is 4.79 Å². The fraction of sp³-hybridized carbons (Fsp3) is 0.200. The van der Waals surface area contributed by atoms with Crippen LogP contribution in [0.4, 0.5) is 5.69 Å². The monoisotopic (exact) mass is 178 g/mol. The number of hydrogen-bond acceptors (Lipinski definition) is 2. The lowest BCUT2D eigenvalue weighted by Crippen LogP contribution is -2.09. The van der Waals surface area contributed by atoms with E-state index in [0.29, 0.717) is 0 Å². The predicted molar refractivity (Wildman–Crippen MR) is 51.6 cm³/mol. The number of ether oxygens (including phenoxy) is 1. The average Bonchev–Trinajstić information content (AvgIpc) is 2.19. The molecule has 3 heteroatoms. The highest BCUT2D eigenvalue weighted by Gasteiger charge is 1.98. The molecule has 0 aliphatic heterocycles. The molecule has 0 heterocycles. The molecule has 0 saturated heterocycles. The summed E-state index contributed by atoms with van der Waals surface area (Å²) in [5.41, 5.74) is 0.768. The molecule has 1 N–H and O–H groups in total. The van der Waals surface area contributed by atoms with Crippen molar-refractivity contribution in [2.45, 2.75) is 6.92 Å². The molecule has 0 fully saturated rings. The largest absolute Gasteiger partial charge is 0.497 e. The lowest BCUT2D eigenvalue weighted by molar-refractivity contribution is -0.113. The molecule has 0 bridgehead atoms. The first-order valence-corrected chi connectivity index (χ1v) is 4.00. The maximum absolute atomic E-state index is 10.9. The van der Waals surface area contributed by atoms with Gasteiger partial charge in [0, 0.05) is 12.1 Å². The molecule has 0 aliphatic rings. The van der Waals surface area contributed by atoms with Crippen molar-refractivity contribution in [3.8, 4) is 5.75 Å². The molecule has 0 aromatic heterocycles. The summed E-state index contributed by atoms with van der Waals surface area (Å²) < 4.78 is 4.98. The fourth-order valence-electron chi connectivity index (χ4n) is 0.889. The van der Waals surface area contributed by atoms with Gasteiger partial charge in [-0.25, -0.2) is 0 Å². The van der Waals surface area contributed by atoms with Gasteiger partial charge < -0.3 is 10.1 Å². The summed E-state index contributed by atoms with van der Waals surface area (Å²) in [7, 11) is 1.60. The van der Waals surface area contributed by atoms with E-state index < -0.39 is 0 Å². The molecule has 69 valence electrons. The van der Waals surface area contributed by atoms with E-state index in [2.05, 4.69) is 5.32 Å². The van der Waals surface area contributed by atoms with E-state index >= 15 is 0 Å². The second kappa shape index (κ2) is 4.50. The fourth-order valence-corrected chi connectivity index (χ4v) is 0.889. The van der Waals surface area contributed by atoms with Gasteiger partial charge in [0.2, 0.25) is 5.91 Å². The maximum Gasteiger partial charge on any atom is 0.227 e. The van der Waals surface area contributed by atoms with E-state index in [-0.39, 0.29) is 5.91 Å². The van der Waals surface area contributed by atoms with Crippen molar-refractivity contribution < 1.29 is 9.53 Å². The number of hydrogen-bond donors (Lipinski definition) is 1. The van der Waals surface area contributed by atoms with Crippen LogP contribution in [0, 0.1) is 6.42 Å². The Balaban J connectivity index is 2.64. The molecule has 1 rings (SSSR count). The first-order chi connectivity index (χ1) is 6.26. The van der Waals surface area contributed by atoms with E-state index in [9.17, 15) is 4.79 Å². The van der Waals surface area contributed by atoms with Gasteiger partial charge in [-0.1, -0.05) is 6.92 Å². The van der Waals surface area contributed by atoms with E-state index in [0.717, 1.165) is 11.4 Å². The van der Waals surface area contributed by atoms with Gasteiger partial charge in [-0.2, -0.15) is 0 Å². The molecule has 1 radical (unpaired) electrons. The summed E-state index contributed by atoms with van der Waals surface area (Å²) in [5, 5.41) is 2.69. The van der Waals surface area contributed by atoms with Crippen LogP contribution in [0.3, 0.4) is 0 Å². The number of carbonyl (C=O) groups excluding carboxylic acids is 1. The Hall–Kier alpha value is -1.51. The Morgan fingerprint density at radius 3 is 2.46 bits per heavy atom. The lowest BCUT2D eigenvalue weighted by Gasteiger charge is -2.03. The quantitative estimate of drug-likeness (QED) is 0.767. The normalized spacial score (nSPS) is 9.38. The number of carbonyl (C=O) groups is 1. The zero-order valence-electron chi connectivity index (χ0n) is 7.70. The van der Waals surface area contributed by atoms with Gasteiger partial charge in [-0.05, 0) is 24.3 Å². The number of rotatable bonds is 3. The van der Waals surface area contributed by atoms with Crippen LogP contribution in [-0.2, 0) is 4.79 Å². The van der Waals surface area contributed by atoms with Gasteiger partial charge in [0.1, 0.15) is 5.75 Å². The Morgan fingerprint density at radius 1 is 1.38 bits per heavy atom. The third-order valence-corrected chi connectivity index (χ3v) is 1.62. The van der Waals surface area contributed by atoms with Crippen molar-refractivity contribution in [1.29, 1.82) is 0 Å². The summed E-state index contributed by atoms with van der Waals surface area (Å²) in [4.78, 5) is 10.9. The predicted octanol–water partition coefficient (Wildman–Crippen LogP) is 1.86. The molecule has 1 amide bonds. The minimum atomic E-state index is -0.106. The standard InChI is InChI=1S/C10H12NO2/c1-3-10(12)11-8-4-6-9(13-2)7-5-8/h3-7H,1-2H3,(H,11,12). The zero-order valence-corrected chi connectivity index (χ0v) is 7.70. The molecule has 0 aliphatic carbocycles. The third-order valence-electron chi connectivity index (χ3n) is 1.62. The minimum absolute atomic E-state index is 0.106. The van der Waals surface area contributed by atoms with Crippen molar-refractivity contribution in [3.05, 3.63) is 30.7 Å². The molecule has 13 heavy (non-hydrogen) atoms. The highest BCUT2D eigenvalue weighted by Crippen LogP contribution is 2.14. The maximum atomic E-state index is 10.9. The van der Waals surface area contributed by atoms with Crippen LogP contribution in [-0.4, -0.2) is 13.0 Å². The van der Waals surface area contributed by atoms with E-state index in [4.69, 9.17) is 4.74 Å². The molecule has 0 saturated carbocycles. The summed E-state index contributed by atoms with van der Waals surface area (Å²) >= 11 is 0. The molecule has 0 atom stereocenters. The van der Waals surface area contributed by atoms with Crippen LogP contribution in [0.15, 0.2) is 24.3 Å². The van der Waals surface area contributed by atoms with Gasteiger partial charge in [0.25, 0.3) is 0 Å². The number of nitrogens with one attached hydrogen (secondary N) is 1. The minimum Gasteiger partial charge on any atom is -0.497 e. The highest BCUT2D eigenvalue weighted by molar-refractivity contribution is 5.96. The lowest BCUT2D eigenvalue weighted by atomic mass is 10.3. The van der Waals surface area contributed by atoms with Gasteiger partial charge >= 0.3 is 0 Å². The number of anilines is 1. The van der Waals surface area contributed by atoms with Crippen LogP contribution in [0.5, 0.6) is 5.75 Å². The number of benzene rings is 1. The molecule has 3 nitrogen and oxygen atoms in total. The Morgan fingerprint density at radius 2 is 2.00 bits per heavy atom. The molecule has 1 aromatic carbocycles. The Labute approximate surface area is 77.7 Å². The molecule has 0 unspecified atom stereocenters. The second-order valence-electron chi connectivity index (χ2n) is 2.51. The summed E-state index contributed by atoms with van der Waals surface area (Å²) in [6.45, 7) is 1.69. The van der Waals surface area contributed by atoms with Crippen LogP contribution >= 0.6 is 0 Å². The van der Waals surface area contributed by atoms with Gasteiger partial charge in [0.05, 0.1) is 7.11 Å². The molecule has 0 spiro atoms. The zero-order chi connectivity index (χ0) is 9.68. The third kappa shape index (κ3) is 2.78. The molecular weight excluding hydrogens is 166 g/mol. The van der Waals surface area contributed by atoms with Crippen LogP contribution in [0.25, 0.3) is 0 Å². The topological polar surface area (TPSA) is 38.3 Å². The summed E-state index contributed by atoms with van der Waals surface area (Å²) in [6, 6.07) is 7.18. The van der Waals surface area contributed by atoms with Crippen LogP contribution in [0.2, 0.25) is 0 Å². The summed E-state index contributed by atoms with van der Waals surface area (Å²) in [6.07, 6.45) is 1.48. The van der Waals surface area contributed by atoms with Crippen molar-refractivity contribution in [3.63, 3.8) is 0 Å². The molecular formula is C10H12NO2. The first kappa shape index (κ1) is 9.58. The van der Waals surface area contributed by atoms with Crippen molar-refractivity contribution >= 4 is 11.6 Å².